The molecule has 3 N–H and O–H groups in total. The van der Waals surface area contributed by atoms with Crippen molar-refractivity contribution in [3.63, 3.8) is 0 Å². The topological polar surface area (TPSA) is 115 Å². The summed E-state index contributed by atoms with van der Waals surface area (Å²) in [6.45, 7) is 2.76. The van der Waals surface area contributed by atoms with E-state index in [4.69, 9.17) is 26.8 Å². The maximum absolute atomic E-state index is 11.8. The second kappa shape index (κ2) is 8.53. The summed E-state index contributed by atoms with van der Waals surface area (Å²) in [5.41, 5.74) is 8.24. The number of carbonyl (C=O) groups is 1. The van der Waals surface area contributed by atoms with Gasteiger partial charge in [0.25, 0.3) is 5.91 Å². The van der Waals surface area contributed by atoms with Crippen LogP contribution < -0.4 is 20.7 Å². The summed E-state index contributed by atoms with van der Waals surface area (Å²) in [6.07, 6.45) is 1.52. The van der Waals surface area contributed by atoms with Gasteiger partial charge in [-0.15, -0.1) is 0 Å². The monoisotopic (exact) mass is 394 g/mol. The van der Waals surface area contributed by atoms with Gasteiger partial charge in [0.05, 0.1) is 43.3 Å². The summed E-state index contributed by atoms with van der Waals surface area (Å²) >= 11 is 6.37. The molecule has 0 atom stereocenters. The molecule has 10 heteroatoms. The molecule has 0 radical (unpaired) electrons. The number of aliphatic imine (C=N–C) groups is 1. The Hall–Kier alpha value is -2.39. The molecular formula is C17H23ClN6O3. The van der Waals surface area contributed by atoms with Crippen LogP contribution in [0.4, 0.5) is 5.82 Å². The van der Waals surface area contributed by atoms with E-state index in [0.29, 0.717) is 44.4 Å². The average Bonchev–Trinajstić information content (AvgIpc) is 2.97. The van der Waals surface area contributed by atoms with Gasteiger partial charge in [0.2, 0.25) is 0 Å². The van der Waals surface area contributed by atoms with Crippen molar-refractivity contribution in [1.82, 2.24) is 15.3 Å². The number of ether oxygens (including phenoxy) is 2. The minimum atomic E-state index is -0.437. The van der Waals surface area contributed by atoms with Crippen molar-refractivity contribution in [2.75, 3.05) is 45.3 Å². The lowest BCUT2D eigenvalue weighted by atomic mass is 10.1. The summed E-state index contributed by atoms with van der Waals surface area (Å²) in [6, 6.07) is 0.319. The highest BCUT2D eigenvalue weighted by molar-refractivity contribution is 6.45. The van der Waals surface area contributed by atoms with Crippen molar-refractivity contribution >= 4 is 29.0 Å². The lowest BCUT2D eigenvalue weighted by Crippen LogP contribution is -2.34. The van der Waals surface area contributed by atoms with Crippen molar-refractivity contribution in [2.45, 2.75) is 19.4 Å². The molecule has 0 bridgehead atoms. The number of hydrogen-bond acceptors (Lipinski definition) is 8. The van der Waals surface area contributed by atoms with Gasteiger partial charge in [0, 0.05) is 32.1 Å². The van der Waals surface area contributed by atoms with E-state index >= 15 is 0 Å². The molecule has 1 aromatic rings. The number of fused-ring (bicyclic) bond motifs is 1. The molecule has 0 saturated carbocycles. The first-order chi connectivity index (χ1) is 13.0. The first-order valence-corrected chi connectivity index (χ1v) is 9.10. The highest BCUT2D eigenvalue weighted by Crippen LogP contribution is 2.28. The van der Waals surface area contributed by atoms with Crippen molar-refractivity contribution < 1.29 is 14.3 Å². The number of methoxy groups -OCH3 is 1. The third-order valence-electron chi connectivity index (χ3n) is 4.45. The predicted octanol–water partition coefficient (Wildman–Crippen LogP) is 0.364. The molecule has 3 heterocycles. The van der Waals surface area contributed by atoms with Gasteiger partial charge in [-0.05, 0) is 6.42 Å². The summed E-state index contributed by atoms with van der Waals surface area (Å²) in [7, 11) is 3.05. The molecular weight excluding hydrogens is 372 g/mol. The molecule has 3 rings (SSSR count). The Bertz CT molecular complexity index is 795. The Balaban J connectivity index is 1.96. The van der Waals surface area contributed by atoms with E-state index in [1.165, 1.54) is 7.05 Å². The quantitative estimate of drug-likeness (QED) is 0.708. The van der Waals surface area contributed by atoms with Gasteiger partial charge in [-0.1, -0.05) is 11.6 Å². The zero-order valence-corrected chi connectivity index (χ0v) is 16.2. The van der Waals surface area contributed by atoms with Crippen LogP contribution in [-0.2, 0) is 22.6 Å². The lowest BCUT2D eigenvalue weighted by Gasteiger charge is -2.27. The molecule has 0 unspecified atom stereocenters. The molecule has 2 aliphatic heterocycles. The highest BCUT2D eigenvalue weighted by Gasteiger charge is 2.26. The normalized spacial score (nSPS) is 18.0. The fraction of sp³-hybridized carbons (Fsp3) is 0.529. The Labute approximate surface area is 162 Å². The SMILES string of the molecule is CNC(=O)/C(N)=C(\Cl)C1=NCCCN(c2nc(OC)nc3c2COCC3)C1. The number of nitrogens with zero attached hydrogens (tertiary/aromatic N) is 4. The fourth-order valence-corrected chi connectivity index (χ4v) is 3.25. The molecule has 1 aromatic heterocycles. The van der Waals surface area contributed by atoms with Crippen molar-refractivity contribution in [3.05, 3.63) is 22.0 Å². The molecule has 0 saturated heterocycles. The molecule has 146 valence electrons. The number of halogens is 1. The predicted molar refractivity (Wildman–Crippen MR) is 102 cm³/mol. The van der Waals surface area contributed by atoms with Gasteiger partial charge in [-0.2, -0.15) is 9.97 Å². The van der Waals surface area contributed by atoms with E-state index in [9.17, 15) is 4.79 Å². The Morgan fingerprint density at radius 2 is 2.22 bits per heavy atom. The minimum absolute atomic E-state index is 0.0506. The van der Waals surface area contributed by atoms with E-state index in [1.54, 1.807) is 7.11 Å². The van der Waals surface area contributed by atoms with Gasteiger partial charge in [0.1, 0.15) is 11.5 Å². The molecule has 0 aromatic carbocycles. The maximum atomic E-state index is 11.8. The van der Waals surface area contributed by atoms with Crippen LogP contribution in [0, 0.1) is 0 Å². The summed E-state index contributed by atoms with van der Waals surface area (Å²) < 4.78 is 10.9. The van der Waals surface area contributed by atoms with Crippen LogP contribution in [0.5, 0.6) is 6.01 Å². The molecule has 0 aliphatic carbocycles. The second-order valence-corrected chi connectivity index (χ2v) is 6.55. The lowest BCUT2D eigenvalue weighted by molar-refractivity contribution is -0.117. The molecule has 27 heavy (non-hydrogen) atoms. The van der Waals surface area contributed by atoms with Crippen LogP contribution in [0.3, 0.4) is 0 Å². The molecule has 1 amide bonds. The third kappa shape index (κ3) is 4.14. The van der Waals surface area contributed by atoms with Crippen LogP contribution in [0.15, 0.2) is 15.7 Å². The Morgan fingerprint density at radius 1 is 1.41 bits per heavy atom. The van der Waals surface area contributed by atoms with E-state index in [0.717, 1.165) is 30.0 Å². The smallest absolute Gasteiger partial charge is 0.318 e. The zero-order valence-electron chi connectivity index (χ0n) is 15.4. The number of anilines is 1. The van der Waals surface area contributed by atoms with Crippen LogP contribution in [0.25, 0.3) is 0 Å². The van der Waals surface area contributed by atoms with Crippen LogP contribution >= 0.6 is 11.6 Å². The summed E-state index contributed by atoms with van der Waals surface area (Å²) in [5, 5.41) is 2.63. The molecule has 0 spiro atoms. The van der Waals surface area contributed by atoms with Crippen LogP contribution in [-0.4, -0.2) is 62.0 Å². The number of rotatable bonds is 4. The van der Waals surface area contributed by atoms with Crippen molar-refractivity contribution in [2.24, 2.45) is 10.7 Å². The van der Waals surface area contributed by atoms with Gasteiger partial charge >= 0.3 is 6.01 Å². The van der Waals surface area contributed by atoms with Crippen LogP contribution in [0.2, 0.25) is 0 Å². The van der Waals surface area contributed by atoms with Gasteiger partial charge in [0.15, 0.2) is 0 Å². The standard InChI is InChI=1S/C17H23ClN6O3/c1-20-16(25)14(19)13(18)12-8-24(6-3-5-21-12)15-10-9-27-7-4-11(10)22-17(23-15)26-2/h3-9,19H2,1-2H3,(H,20,25)/b14-13+. The minimum Gasteiger partial charge on any atom is -0.467 e. The zero-order chi connectivity index (χ0) is 19.4. The van der Waals surface area contributed by atoms with E-state index < -0.39 is 5.91 Å². The summed E-state index contributed by atoms with van der Waals surface area (Å²) in [4.78, 5) is 27.4. The van der Waals surface area contributed by atoms with E-state index in [-0.39, 0.29) is 10.7 Å². The van der Waals surface area contributed by atoms with Crippen molar-refractivity contribution in [3.8, 4) is 6.01 Å². The number of hydrogen-bond donors (Lipinski definition) is 2. The first kappa shape index (κ1) is 19.4. The molecule has 9 nitrogen and oxygen atoms in total. The van der Waals surface area contributed by atoms with Gasteiger partial charge < -0.3 is 25.4 Å². The van der Waals surface area contributed by atoms with Crippen molar-refractivity contribution in [1.29, 1.82) is 0 Å². The number of likely N-dealkylation sites (N-methyl/N-ethyl adjacent to an activating group) is 1. The highest BCUT2D eigenvalue weighted by atomic mass is 35.5. The van der Waals surface area contributed by atoms with Gasteiger partial charge in [-0.25, -0.2) is 0 Å². The average molecular weight is 395 g/mol. The maximum Gasteiger partial charge on any atom is 0.318 e. The number of aromatic nitrogens is 2. The number of carbonyl (C=O) groups excluding carboxylic acids is 1. The van der Waals surface area contributed by atoms with Crippen LogP contribution in [0.1, 0.15) is 17.7 Å². The Kier molecular flexibility index (Phi) is 6.12. The van der Waals surface area contributed by atoms with Gasteiger partial charge in [-0.3, -0.25) is 9.79 Å². The number of nitrogens with one attached hydrogen (secondary N) is 1. The third-order valence-corrected chi connectivity index (χ3v) is 4.87. The molecule has 2 aliphatic rings. The number of nitrogens with two attached hydrogens (primary N) is 1. The van der Waals surface area contributed by atoms with E-state index in [2.05, 4.69) is 25.2 Å². The fourth-order valence-electron chi connectivity index (χ4n) is 3.04. The van der Waals surface area contributed by atoms with E-state index in [1.807, 2.05) is 0 Å². The number of amides is 1. The second-order valence-electron chi connectivity index (χ2n) is 6.17. The first-order valence-electron chi connectivity index (χ1n) is 8.72. The summed E-state index contributed by atoms with van der Waals surface area (Å²) in [5.74, 6) is 0.308. The largest absolute Gasteiger partial charge is 0.467 e. The Morgan fingerprint density at radius 3 is 2.96 bits per heavy atom. The molecule has 0 fully saturated rings.